The second-order valence-electron chi connectivity index (χ2n) is 10.9. The molecule has 45 heavy (non-hydrogen) atoms. The van der Waals surface area contributed by atoms with Gasteiger partial charge in [0.15, 0.2) is 0 Å². The van der Waals surface area contributed by atoms with Gasteiger partial charge < -0.3 is 10.2 Å². The minimum atomic E-state index is -4.29. The zero-order valence-corrected chi connectivity index (χ0v) is 27.2. The SMILES string of the molecule is CC(C)CNC(=O)C(Cc1ccccc1)N(Cc1ccc(Cl)cc1Cl)C(=O)CN(c1ccc(F)cc1)S(=O)(=O)c1ccccc1. The van der Waals surface area contributed by atoms with Crippen LogP contribution in [0, 0.1) is 11.7 Å². The first-order valence-electron chi connectivity index (χ1n) is 14.3. The van der Waals surface area contributed by atoms with Crippen LogP contribution in [0.5, 0.6) is 0 Å². The summed E-state index contributed by atoms with van der Waals surface area (Å²) in [5, 5.41) is 3.62. The molecule has 0 aliphatic carbocycles. The van der Waals surface area contributed by atoms with Gasteiger partial charge >= 0.3 is 0 Å². The first-order valence-corrected chi connectivity index (χ1v) is 16.5. The van der Waals surface area contributed by atoms with Crippen LogP contribution in [0.3, 0.4) is 0 Å². The number of nitrogens with zero attached hydrogens (tertiary/aromatic N) is 2. The van der Waals surface area contributed by atoms with Gasteiger partial charge in [0.25, 0.3) is 10.0 Å². The summed E-state index contributed by atoms with van der Waals surface area (Å²) in [7, 11) is -4.29. The molecular formula is C34H34Cl2FN3O4S. The number of carbonyl (C=O) groups excluding carboxylic acids is 2. The molecule has 0 saturated heterocycles. The molecule has 0 heterocycles. The van der Waals surface area contributed by atoms with Crippen LogP contribution in [0.25, 0.3) is 0 Å². The lowest BCUT2D eigenvalue weighted by Gasteiger charge is -2.34. The molecule has 4 aromatic rings. The van der Waals surface area contributed by atoms with Crippen molar-refractivity contribution in [3.8, 4) is 0 Å². The summed E-state index contributed by atoms with van der Waals surface area (Å²) >= 11 is 12.7. The van der Waals surface area contributed by atoms with Crippen molar-refractivity contribution in [3.63, 3.8) is 0 Å². The Kier molecular flexibility index (Phi) is 11.6. The van der Waals surface area contributed by atoms with E-state index in [4.69, 9.17) is 23.2 Å². The summed E-state index contributed by atoms with van der Waals surface area (Å²) in [6.07, 6.45) is 0.156. The Labute approximate surface area is 273 Å². The van der Waals surface area contributed by atoms with Crippen molar-refractivity contribution in [3.05, 3.63) is 130 Å². The van der Waals surface area contributed by atoms with Gasteiger partial charge in [0.2, 0.25) is 11.8 Å². The molecule has 4 aromatic carbocycles. The van der Waals surface area contributed by atoms with Gasteiger partial charge in [-0.05, 0) is 65.6 Å². The van der Waals surface area contributed by atoms with Crippen LogP contribution in [-0.4, -0.2) is 44.3 Å². The van der Waals surface area contributed by atoms with Crippen LogP contribution >= 0.6 is 23.2 Å². The van der Waals surface area contributed by atoms with E-state index in [1.807, 2.05) is 44.2 Å². The molecule has 0 aliphatic heterocycles. The predicted molar refractivity (Wildman–Crippen MR) is 176 cm³/mol. The van der Waals surface area contributed by atoms with Gasteiger partial charge in [-0.15, -0.1) is 0 Å². The average Bonchev–Trinajstić information content (AvgIpc) is 3.02. The fraction of sp³-hybridized carbons (Fsp3) is 0.235. The highest BCUT2D eigenvalue weighted by atomic mass is 35.5. The van der Waals surface area contributed by atoms with Crippen LogP contribution in [0.4, 0.5) is 10.1 Å². The van der Waals surface area contributed by atoms with Crippen molar-refractivity contribution >= 4 is 50.7 Å². The van der Waals surface area contributed by atoms with E-state index >= 15 is 0 Å². The van der Waals surface area contributed by atoms with Gasteiger partial charge in [0, 0.05) is 29.6 Å². The maximum Gasteiger partial charge on any atom is 0.264 e. The highest BCUT2D eigenvalue weighted by Gasteiger charge is 2.35. The van der Waals surface area contributed by atoms with E-state index in [0.29, 0.717) is 17.1 Å². The van der Waals surface area contributed by atoms with Gasteiger partial charge in [-0.2, -0.15) is 0 Å². The molecular weight excluding hydrogens is 636 g/mol. The lowest BCUT2D eigenvalue weighted by atomic mass is 10.0. The molecule has 2 amide bonds. The first-order chi connectivity index (χ1) is 21.5. The number of nitrogens with one attached hydrogen (secondary N) is 1. The molecule has 1 atom stereocenters. The number of anilines is 1. The highest BCUT2D eigenvalue weighted by Crippen LogP contribution is 2.27. The molecule has 0 fully saturated rings. The van der Waals surface area contributed by atoms with Crippen molar-refractivity contribution in [1.82, 2.24) is 10.2 Å². The number of hydrogen-bond acceptors (Lipinski definition) is 4. The molecule has 1 N–H and O–H groups in total. The Morgan fingerprint density at radius 3 is 2.09 bits per heavy atom. The maximum absolute atomic E-state index is 14.4. The predicted octanol–water partition coefficient (Wildman–Crippen LogP) is 6.74. The molecule has 0 saturated carbocycles. The topological polar surface area (TPSA) is 86.8 Å². The normalized spacial score (nSPS) is 12.0. The quantitative estimate of drug-likeness (QED) is 0.171. The number of rotatable bonds is 13. The molecule has 11 heteroatoms. The molecule has 7 nitrogen and oxygen atoms in total. The van der Waals surface area contributed by atoms with Gasteiger partial charge in [-0.3, -0.25) is 13.9 Å². The number of benzene rings is 4. The van der Waals surface area contributed by atoms with Crippen LogP contribution in [0.2, 0.25) is 10.0 Å². The Morgan fingerprint density at radius 2 is 1.49 bits per heavy atom. The summed E-state index contributed by atoms with van der Waals surface area (Å²) in [5.41, 5.74) is 1.40. The molecule has 0 radical (unpaired) electrons. The molecule has 4 rings (SSSR count). The third-order valence-corrected chi connectivity index (χ3v) is 9.41. The van der Waals surface area contributed by atoms with Gasteiger partial charge in [0.05, 0.1) is 10.6 Å². The Morgan fingerprint density at radius 1 is 0.867 bits per heavy atom. The zero-order valence-electron chi connectivity index (χ0n) is 24.9. The van der Waals surface area contributed by atoms with Gasteiger partial charge in [-0.25, -0.2) is 12.8 Å². The fourth-order valence-electron chi connectivity index (χ4n) is 4.67. The number of hydrogen-bond donors (Lipinski definition) is 1. The molecule has 0 aromatic heterocycles. The number of sulfonamides is 1. The lowest BCUT2D eigenvalue weighted by Crippen LogP contribution is -2.53. The van der Waals surface area contributed by atoms with Crippen molar-refractivity contribution in [2.24, 2.45) is 5.92 Å². The highest BCUT2D eigenvalue weighted by molar-refractivity contribution is 7.92. The third kappa shape index (κ3) is 9.06. The van der Waals surface area contributed by atoms with Crippen molar-refractivity contribution < 1.29 is 22.4 Å². The first kappa shape index (κ1) is 34.0. The number of carbonyl (C=O) groups is 2. The standard InChI is InChI=1S/C34H34Cl2FN3O4S/c1-24(2)21-38-34(42)32(19-25-9-5-3-6-10-25)39(22-26-13-14-27(35)20-31(26)36)33(41)23-40(29-17-15-28(37)16-18-29)45(43,44)30-11-7-4-8-12-30/h3-18,20,24,32H,19,21-23H2,1-2H3,(H,38,42). The largest absolute Gasteiger partial charge is 0.354 e. The summed E-state index contributed by atoms with van der Waals surface area (Å²) in [6, 6.07) is 25.5. The minimum absolute atomic E-state index is 0.0510. The molecule has 0 bridgehead atoms. The Bertz CT molecular complexity index is 1710. The van der Waals surface area contributed by atoms with E-state index in [1.54, 1.807) is 30.3 Å². The van der Waals surface area contributed by atoms with E-state index in [-0.39, 0.29) is 34.5 Å². The molecule has 1 unspecified atom stereocenters. The van der Waals surface area contributed by atoms with E-state index in [1.165, 1.54) is 35.2 Å². The van der Waals surface area contributed by atoms with E-state index in [0.717, 1.165) is 22.0 Å². The van der Waals surface area contributed by atoms with E-state index < -0.39 is 40.2 Å². The van der Waals surface area contributed by atoms with Crippen LogP contribution in [0.1, 0.15) is 25.0 Å². The van der Waals surface area contributed by atoms with E-state index in [2.05, 4.69) is 5.32 Å². The Hall–Kier alpha value is -3.92. The van der Waals surface area contributed by atoms with Crippen LogP contribution in [-0.2, 0) is 32.6 Å². The smallest absolute Gasteiger partial charge is 0.264 e. The van der Waals surface area contributed by atoms with Crippen molar-refractivity contribution in [1.29, 1.82) is 0 Å². The fourth-order valence-corrected chi connectivity index (χ4v) is 6.57. The van der Waals surface area contributed by atoms with E-state index in [9.17, 15) is 22.4 Å². The summed E-state index contributed by atoms with van der Waals surface area (Å²) in [5.74, 6) is -1.48. The van der Waals surface area contributed by atoms with Crippen molar-refractivity contribution in [2.75, 3.05) is 17.4 Å². The minimum Gasteiger partial charge on any atom is -0.354 e. The number of amides is 2. The zero-order chi connectivity index (χ0) is 32.6. The number of halogens is 3. The Balaban J connectivity index is 1.81. The molecule has 236 valence electrons. The van der Waals surface area contributed by atoms with Crippen LogP contribution < -0.4 is 9.62 Å². The van der Waals surface area contributed by atoms with Gasteiger partial charge in [0.1, 0.15) is 18.4 Å². The second kappa shape index (κ2) is 15.4. The maximum atomic E-state index is 14.4. The molecule has 0 aliphatic rings. The van der Waals surface area contributed by atoms with Crippen LogP contribution in [0.15, 0.2) is 108 Å². The summed E-state index contributed by atoms with van der Waals surface area (Å²) < 4.78 is 42.7. The third-order valence-electron chi connectivity index (χ3n) is 7.04. The monoisotopic (exact) mass is 669 g/mol. The van der Waals surface area contributed by atoms with Crippen molar-refractivity contribution in [2.45, 2.75) is 37.8 Å². The summed E-state index contributed by atoms with van der Waals surface area (Å²) in [4.78, 5) is 29.5. The van der Waals surface area contributed by atoms with Gasteiger partial charge in [-0.1, -0.05) is 91.6 Å². The average molecular weight is 671 g/mol. The summed E-state index contributed by atoms with van der Waals surface area (Å²) in [6.45, 7) is 3.51. The molecule has 0 spiro atoms. The lowest BCUT2D eigenvalue weighted by molar-refractivity contribution is -0.140. The second-order valence-corrected chi connectivity index (χ2v) is 13.6.